The van der Waals surface area contributed by atoms with Gasteiger partial charge in [0, 0.05) is 23.6 Å². The average Bonchev–Trinajstić information content (AvgIpc) is 2.95. The van der Waals surface area contributed by atoms with Crippen molar-refractivity contribution in [2.75, 3.05) is 18.4 Å². The van der Waals surface area contributed by atoms with Gasteiger partial charge >= 0.3 is 0 Å². The van der Waals surface area contributed by atoms with Gasteiger partial charge in [0.15, 0.2) is 0 Å². The molecule has 2 saturated carbocycles. The van der Waals surface area contributed by atoms with Crippen molar-refractivity contribution in [3.05, 3.63) is 23.2 Å². The van der Waals surface area contributed by atoms with E-state index in [1.807, 2.05) is 17.4 Å². The molecule has 2 aliphatic carbocycles. The maximum Gasteiger partial charge on any atom is 0.227 e. The molecule has 0 atom stereocenters. The third-order valence-electron chi connectivity index (χ3n) is 6.52. The maximum atomic E-state index is 12.2. The van der Waals surface area contributed by atoms with Gasteiger partial charge in [-0.15, -0.1) is 11.3 Å². The van der Waals surface area contributed by atoms with Crippen molar-refractivity contribution in [2.24, 2.45) is 5.92 Å². The van der Waals surface area contributed by atoms with Gasteiger partial charge in [0.25, 0.3) is 0 Å². The Balaban J connectivity index is 1.24. The highest BCUT2D eigenvalue weighted by Crippen LogP contribution is 2.43. The van der Waals surface area contributed by atoms with Crippen molar-refractivity contribution < 1.29 is 4.79 Å². The number of aromatic nitrogens is 1. The van der Waals surface area contributed by atoms with Gasteiger partial charge in [-0.1, -0.05) is 12.8 Å². The van der Waals surface area contributed by atoms with E-state index in [9.17, 15) is 4.79 Å². The number of carbonyl (C=O) groups excluding carboxylic acids is 1. The second-order valence-corrected chi connectivity index (χ2v) is 9.33. The van der Waals surface area contributed by atoms with Gasteiger partial charge in [0.1, 0.15) is 0 Å². The van der Waals surface area contributed by atoms with Crippen LogP contribution in [0.25, 0.3) is 10.2 Å². The lowest BCUT2D eigenvalue weighted by molar-refractivity contribution is -0.122. The molecule has 3 aliphatic rings. The van der Waals surface area contributed by atoms with Gasteiger partial charge in [-0.05, 0) is 69.8 Å². The lowest BCUT2D eigenvalue weighted by atomic mass is 9.79. The molecule has 1 saturated heterocycles. The fourth-order valence-electron chi connectivity index (χ4n) is 4.48. The monoisotopic (exact) mass is 369 g/mol. The van der Waals surface area contributed by atoms with Gasteiger partial charge in [0.05, 0.1) is 15.2 Å². The first-order chi connectivity index (χ1) is 12.8. The van der Waals surface area contributed by atoms with Crippen molar-refractivity contribution in [1.82, 2.24) is 9.88 Å². The summed E-state index contributed by atoms with van der Waals surface area (Å²) in [6.45, 7) is 2.59. The number of piperidine rings is 1. The molecule has 2 aromatic rings. The van der Waals surface area contributed by atoms with Gasteiger partial charge in [-0.2, -0.15) is 0 Å². The quantitative estimate of drug-likeness (QED) is 0.844. The number of hydrogen-bond acceptors (Lipinski definition) is 4. The Morgan fingerprint density at radius 2 is 1.92 bits per heavy atom. The molecule has 26 heavy (non-hydrogen) atoms. The second kappa shape index (κ2) is 6.93. The molecule has 0 unspecified atom stereocenters. The molecule has 1 aromatic carbocycles. The molecule has 4 nitrogen and oxygen atoms in total. The number of thiazole rings is 1. The lowest BCUT2D eigenvalue weighted by Gasteiger charge is -2.43. The van der Waals surface area contributed by atoms with Crippen molar-refractivity contribution in [3.8, 4) is 0 Å². The van der Waals surface area contributed by atoms with Crippen LogP contribution in [0.3, 0.4) is 0 Å². The molecule has 0 spiro atoms. The number of fused-ring (bicyclic) bond motifs is 1. The Labute approximate surface area is 159 Å². The Bertz CT molecular complexity index is 801. The molecule has 1 amide bonds. The van der Waals surface area contributed by atoms with E-state index in [2.05, 4.69) is 22.3 Å². The first-order valence-corrected chi connectivity index (χ1v) is 11.0. The number of likely N-dealkylation sites (tertiary alicyclic amines) is 1. The predicted molar refractivity (Wildman–Crippen MR) is 107 cm³/mol. The Morgan fingerprint density at radius 3 is 2.65 bits per heavy atom. The van der Waals surface area contributed by atoms with Crippen LogP contribution in [0.1, 0.15) is 62.3 Å². The van der Waals surface area contributed by atoms with Crippen LogP contribution < -0.4 is 5.32 Å². The smallest absolute Gasteiger partial charge is 0.227 e. The molecule has 1 N–H and O–H groups in total. The maximum absolute atomic E-state index is 12.2. The number of hydrogen-bond donors (Lipinski definition) is 1. The van der Waals surface area contributed by atoms with Gasteiger partial charge < -0.3 is 10.2 Å². The normalized spacial score (nSPS) is 27.1. The highest BCUT2D eigenvalue weighted by molar-refractivity contribution is 7.18. The van der Waals surface area contributed by atoms with Crippen LogP contribution >= 0.6 is 11.3 Å². The summed E-state index contributed by atoms with van der Waals surface area (Å²) < 4.78 is 1.20. The van der Waals surface area contributed by atoms with E-state index in [0.29, 0.717) is 5.92 Å². The van der Waals surface area contributed by atoms with E-state index < -0.39 is 0 Å². The average molecular weight is 370 g/mol. The SMILES string of the molecule is O=C(Nc1ccc2nc([C@H]3C[C@H](N4CCCCC4)C3)sc2c1)C1CCC1. The fraction of sp³-hybridized carbons (Fsp3) is 0.619. The largest absolute Gasteiger partial charge is 0.326 e. The molecule has 0 bridgehead atoms. The predicted octanol–water partition coefficient (Wildman–Crippen LogP) is 4.77. The second-order valence-electron chi connectivity index (χ2n) is 8.27. The molecule has 1 aromatic heterocycles. The van der Waals surface area contributed by atoms with Crippen LogP contribution in [0.2, 0.25) is 0 Å². The third kappa shape index (κ3) is 3.16. The number of rotatable bonds is 4. The van der Waals surface area contributed by atoms with E-state index in [1.54, 1.807) is 0 Å². The minimum atomic E-state index is 0.184. The molecule has 1 aliphatic heterocycles. The van der Waals surface area contributed by atoms with E-state index >= 15 is 0 Å². The number of benzene rings is 1. The summed E-state index contributed by atoms with van der Waals surface area (Å²) in [5.41, 5.74) is 2.00. The molecule has 5 rings (SSSR count). The number of anilines is 1. The van der Waals surface area contributed by atoms with Crippen molar-refractivity contribution in [3.63, 3.8) is 0 Å². The van der Waals surface area contributed by atoms with Crippen molar-refractivity contribution in [1.29, 1.82) is 0 Å². The highest BCUT2D eigenvalue weighted by atomic mass is 32.1. The highest BCUT2D eigenvalue weighted by Gasteiger charge is 2.36. The number of nitrogens with zero attached hydrogens (tertiary/aromatic N) is 2. The van der Waals surface area contributed by atoms with E-state index in [1.165, 1.54) is 61.3 Å². The van der Waals surface area contributed by atoms with E-state index in [4.69, 9.17) is 4.98 Å². The molecule has 138 valence electrons. The van der Waals surface area contributed by atoms with Crippen LogP contribution in [0, 0.1) is 5.92 Å². The van der Waals surface area contributed by atoms with Crippen LogP contribution in [0.15, 0.2) is 18.2 Å². The fourth-order valence-corrected chi connectivity index (χ4v) is 5.61. The summed E-state index contributed by atoms with van der Waals surface area (Å²) in [5.74, 6) is 1.04. The van der Waals surface area contributed by atoms with Gasteiger partial charge in [0.2, 0.25) is 5.91 Å². The molecular weight excluding hydrogens is 342 g/mol. The van der Waals surface area contributed by atoms with E-state index in [-0.39, 0.29) is 11.8 Å². The van der Waals surface area contributed by atoms with Crippen LogP contribution in [0.4, 0.5) is 5.69 Å². The number of amides is 1. The Morgan fingerprint density at radius 1 is 1.12 bits per heavy atom. The standard InChI is InChI=1S/C21H27N3OS/c25-20(14-5-4-6-14)22-16-7-8-18-19(13-16)26-21(23-18)15-11-17(12-15)24-9-2-1-3-10-24/h7-8,13-15,17H,1-6,9-12H2,(H,22,25)/t15-,17-. The number of carbonyl (C=O) groups is 1. The molecule has 2 heterocycles. The minimum absolute atomic E-state index is 0.184. The van der Waals surface area contributed by atoms with Crippen molar-refractivity contribution in [2.45, 2.75) is 63.3 Å². The summed E-state index contributed by atoms with van der Waals surface area (Å²) in [7, 11) is 0. The summed E-state index contributed by atoms with van der Waals surface area (Å²) in [5, 5.41) is 4.37. The zero-order valence-electron chi connectivity index (χ0n) is 15.2. The molecule has 0 radical (unpaired) electrons. The number of nitrogens with one attached hydrogen (secondary N) is 1. The topological polar surface area (TPSA) is 45.2 Å². The lowest BCUT2D eigenvalue weighted by Crippen LogP contribution is -2.46. The molecule has 5 heteroatoms. The zero-order chi connectivity index (χ0) is 17.5. The molecule has 3 fully saturated rings. The third-order valence-corrected chi connectivity index (χ3v) is 7.70. The van der Waals surface area contributed by atoms with Crippen LogP contribution in [0.5, 0.6) is 0 Å². The van der Waals surface area contributed by atoms with Gasteiger partial charge in [-0.3, -0.25) is 4.79 Å². The summed E-state index contributed by atoms with van der Waals surface area (Å²) in [6.07, 6.45) is 9.96. The first kappa shape index (κ1) is 16.7. The summed E-state index contributed by atoms with van der Waals surface area (Å²) in [4.78, 5) is 19.7. The van der Waals surface area contributed by atoms with E-state index in [0.717, 1.165) is 30.1 Å². The van der Waals surface area contributed by atoms with Crippen LogP contribution in [-0.2, 0) is 4.79 Å². The minimum Gasteiger partial charge on any atom is -0.326 e. The Hall–Kier alpha value is -1.46. The van der Waals surface area contributed by atoms with Crippen molar-refractivity contribution >= 4 is 33.1 Å². The first-order valence-electron chi connectivity index (χ1n) is 10.2. The summed E-state index contributed by atoms with van der Waals surface area (Å²) in [6, 6.07) is 6.95. The summed E-state index contributed by atoms with van der Waals surface area (Å²) >= 11 is 1.82. The Kier molecular flexibility index (Phi) is 4.45. The van der Waals surface area contributed by atoms with Gasteiger partial charge in [-0.25, -0.2) is 4.98 Å². The van der Waals surface area contributed by atoms with Crippen LogP contribution in [-0.4, -0.2) is 34.9 Å². The molecular formula is C21H27N3OS. The zero-order valence-corrected chi connectivity index (χ0v) is 16.1.